The first-order chi connectivity index (χ1) is 9.74. The zero-order valence-electron chi connectivity index (χ0n) is 13.3. The highest BCUT2D eigenvalue weighted by molar-refractivity contribution is 8.00. The van der Waals surface area contributed by atoms with Crippen LogP contribution in [-0.4, -0.2) is 45.2 Å². The minimum Gasteiger partial charge on any atom is -0.480 e. The number of amides is 2. The van der Waals surface area contributed by atoms with E-state index in [0.717, 1.165) is 19.3 Å². The monoisotopic (exact) mass is 314 g/mol. The number of carboxylic acid groups (broad SMARTS) is 1. The van der Waals surface area contributed by atoms with Crippen LogP contribution in [0.3, 0.4) is 0 Å². The van der Waals surface area contributed by atoms with E-state index in [1.165, 1.54) is 0 Å². The van der Waals surface area contributed by atoms with Crippen LogP contribution >= 0.6 is 11.8 Å². The molecule has 3 atom stereocenters. The molecule has 21 heavy (non-hydrogen) atoms. The number of aliphatic carboxylic acids is 1. The SMILES string of the molecule is CC(C)C1SCC(C(=O)O)N1C(=O)NC1CCCC1(C)C. The van der Waals surface area contributed by atoms with Crippen molar-refractivity contribution >= 4 is 23.8 Å². The molecule has 0 aromatic rings. The topological polar surface area (TPSA) is 69.6 Å². The van der Waals surface area contributed by atoms with E-state index < -0.39 is 12.0 Å². The Morgan fingerprint density at radius 3 is 2.52 bits per heavy atom. The van der Waals surface area contributed by atoms with Crippen molar-refractivity contribution < 1.29 is 14.7 Å². The molecule has 1 aliphatic carbocycles. The average Bonchev–Trinajstić information content (AvgIpc) is 2.93. The van der Waals surface area contributed by atoms with Crippen molar-refractivity contribution in [3.05, 3.63) is 0 Å². The molecule has 2 rings (SSSR count). The molecule has 6 heteroatoms. The summed E-state index contributed by atoms with van der Waals surface area (Å²) in [5.41, 5.74) is 0.0918. The Morgan fingerprint density at radius 2 is 2.05 bits per heavy atom. The predicted molar refractivity (Wildman–Crippen MR) is 84.3 cm³/mol. The highest BCUT2D eigenvalue weighted by Gasteiger charge is 2.44. The number of carbonyl (C=O) groups excluding carboxylic acids is 1. The molecule has 1 heterocycles. The Balaban J connectivity index is 2.12. The lowest BCUT2D eigenvalue weighted by Crippen LogP contribution is -2.55. The first-order valence-electron chi connectivity index (χ1n) is 7.67. The first-order valence-corrected chi connectivity index (χ1v) is 8.72. The second kappa shape index (κ2) is 6.07. The van der Waals surface area contributed by atoms with Gasteiger partial charge in [-0.05, 0) is 24.2 Å². The Morgan fingerprint density at radius 1 is 1.38 bits per heavy atom. The lowest BCUT2D eigenvalue weighted by molar-refractivity contribution is -0.141. The van der Waals surface area contributed by atoms with Crippen LogP contribution in [0.4, 0.5) is 4.79 Å². The van der Waals surface area contributed by atoms with Gasteiger partial charge in [0.15, 0.2) is 0 Å². The normalized spacial score (nSPS) is 31.7. The van der Waals surface area contributed by atoms with Gasteiger partial charge >= 0.3 is 12.0 Å². The number of thioether (sulfide) groups is 1. The fraction of sp³-hybridized carbons (Fsp3) is 0.867. The molecule has 2 aliphatic rings. The summed E-state index contributed by atoms with van der Waals surface area (Å²) in [7, 11) is 0. The van der Waals surface area contributed by atoms with Crippen molar-refractivity contribution in [3.8, 4) is 0 Å². The van der Waals surface area contributed by atoms with E-state index in [9.17, 15) is 14.7 Å². The Hall–Kier alpha value is -0.910. The van der Waals surface area contributed by atoms with Gasteiger partial charge in [0.1, 0.15) is 6.04 Å². The van der Waals surface area contributed by atoms with Gasteiger partial charge < -0.3 is 10.4 Å². The van der Waals surface area contributed by atoms with E-state index in [-0.39, 0.29) is 28.8 Å². The van der Waals surface area contributed by atoms with Gasteiger partial charge in [0, 0.05) is 11.8 Å². The number of nitrogens with zero attached hydrogens (tertiary/aromatic N) is 1. The minimum absolute atomic E-state index is 0.0596. The van der Waals surface area contributed by atoms with Crippen LogP contribution in [0, 0.1) is 11.3 Å². The van der Waals surface area contributed by atoms with Crippen LogP contribution in [0.5, 0.6) is 0 Å². The first kappa shape index (κ1) is 16.5. The molecule has 1 saturated carbocycles. The van der Waals surface area contributed by atoms with Gasteiger partial charge in [-0.25, -0.2) is 9.59 Å². The van der Waals surface area contributed by atoms with Crippen LogP contribution in [0.2, 0.25) is 0 Å². The molecule has 0 radical (unpaired) electrons. The van der Waals surface area contributed by atoms with Gasteiger partial charge in [0.05, 0.1) is 5.37 Å². The molecule has 2 amide bonds. The van der Waals surface area contributed by atoms with Crippen molar-refractivity contribution in [2.24, 2.45) is 11.3 Å². The maximum atomic E-state index is 12.7. The van der Waals surface area contributed by atoms with E-state index in [1.54, 1.807) is 16.7 Å². The van der Waals surface area contributed by atoms with Gasteiger partial charge in [-0.1, -0.05) is 34.1 Å². The summed E-state index contributed by atoms with van der Waals surface area (Å²) in [5.74, 6) is -0.201. The maximum Gasteiger partial charge on any atom is 0.327 e. The maximum absolute atomic E-state index is 12.7. The molecule has 0 aromatic carbocycles. The molecule has 0 aromatic heterocycles. The zero-order chi connectivity index (χ0) is 15.8. The third kappa shape index (κ3) is 3.30. The summed E-state index contributed by atoms with van der Waals surface area (Å²) < 4.78 is 0. The fourth-order valence-corrected chi connectivity index (χ4v) is 4.78. The zero-order valence-corrected chi connectivity index (χ0v) is 14.1. The van der Waals surface area contributed by atoms with Gasteiger partial charge in [-0.3, -0.25) is 4.90 Å². The molecule has 1 saturated heterocycles. The quantitative estimate of drug-likeness (QED) is 0.840. The lowest BCUT2D eigenvalue weighted by atomic mass is 9.87. The second-order valence-electron chi connectivity index (χ2n) is 7.11. The number of hydrogen-bond acceptors (Lipinski definition) is 3. The van der Waals surface area contributed by atoms with E-state index in [0.29, 0.717) is 5.75 Å². The Kier molecular flexibility index (Phi) is 4.76. The largest absolute Gasteiger partial charge is 0.480 e. The van der Waals surface area contributed by atoms with E-state index >= 15 is 0 Å². The van der Waals surface area contributed by atoms with Crippen molar-refractivity contribution in [1.82, 2.24) is 10.2 Å². The van der Waals surface area contributed by atoms with Crippen LogP contribution in [-0.2, 0) is 4.79 Å². The highest BCUT2D eigenvalue weighted by Crippen LogP contribution is 2.38. The van der Waals surface area contributed by atoms with E-state index in [2.05, 4.69) is 19.2 Å². The summed E-state index contributed by atoms with van der Waals surface area (Å²) in [6.07, 6.45) is 3.19. The molecular formula is C15H26N2O3S. The highest BCUT2D eigenvalue weighted by atomic mass is 32.2. The number of carbonyl (C=O) groups is 2. The minimum atomic E-state index is -0.911. The molecule has 5 nitrogen and oxygen atoms in total. The molecule has 2 fully saturated rings. The van der Waals surface area contributed by atoms with Gasteiger partial charge in [0.2, 0.25) is 0 Å². The number of hydrogen-bond donors (Lipinski definition) is 2. The van der Waals surface area contributed by atoms with Crippen LogP contribution in [0.15, 0.2) is 0 Å². The molecule has 1 aliphatic heterocycles. The lowest BCUT2D eigenvalue weighted by Gasteiger charge is -2.34. The summed E-state index contributed by atoms with van der Waals surface area (Å²) in [4.78, 5) is 25.6. The molecule has 3 unspecified atom stereocenters. The number of urea groups is 1. The third-order valence-electron chi connectivity index (χ3n) is 4.68. The van der Waals surface area contributed by atoms with Crippen molar-refractivity contribution in [2.45, 2.75) is 64.4 Å². The Labute approximate surface area is 130 Å². The van der Waals surface area contributed by atoms with Crippen molar-refractivity contribution in [2.75, 3.05) is 5.75 Å². The van der Waals surface area contributed by atoms with Crippen LogP contribution in [0.25, 0.3) is 0 Å². The van der Waals surface area contributed by atoms with Gasteiger partial charge in [-0.15, -0.1) is 11.8 Å². The van der Waals surface area contributed by atoms with Crippen LogP contribution < -0.4 is 5.32 Å². The van der Waals surface area contributed by atoms with Crippen molar-refractivity contribution in [1.29, 1.82) is 0 Å². The predicted octanol–water partition coefficient (Wildman–Crippen LogP) is 2.76. The summed E-state index contributed by atoms with van der Waals surface area (Å²) in [5, 5.41) is 12.4. The second-order valence-corrected chi connectivity index (χ2v) is 8.26. The summed E-state index contributed by atoms with van der Waals surface area (Å²) >= 11 is 1.57. The smallest absolute Gasteiger partial charge is 0.327 e. The third-order valence-corrected chi connectivity index (χ3v) is 6.30. The molecule has 0 bridgehead atoms. The van der Waals surface area contributed by atoms with Gasteiger partial charge in [0.25, 0.3) is 0 Å². The van der Waals surface area contributed by atoms with Crippen molar-refractivity contribution in [3.63, 3.8) is 0 Å². The molecule has 2 N–H and O–H groups in total. The molecular weight excluding hydrogens is 288 g/mol. The van der Waals surface area contributed by atoms with E-state index in [4.69, 9.17) is 0 Å². The summed E-state index contributed by atoms with van der Waals surface area (Å²) in [6, 6.07) is -0.796. The number of carboxylic acids is 1. The Bertz CT molecular complexity index is 425. The fourth-order valence-electron chi connectivity index (χ4n) is 3.31. The molecule has 120 valence electrons. The van der Waals surface area contributed by atoms with Gasteiger partial charge in [-0.2, -0.15) is 0 Å². The number of rotatable bonds is 3. The summed E-state index contributed by atoms with van der Waals surface area (Å²) in [6.45, 7) is 8.39. The standard InChI is InChI=1S/C15H26N2O3S/c1-9(2)12-17(10(8-21-12)13(18)19)14(20)16-11-6-5-7-15(11,3)4/h9-12H,5-8H2,1-4H3,(H,16,20)(H,18,19). The average molecular weight is 314 g/mol. The van der Waals surface area contributed by atoms with Crippen LogP contribution in [0.1, 0.15) is 47.0 Å². The number of nitrogens with one attached hydrogen (secondary N) is 1. The molecule has 0 spiro atoms. The van der Waals surface area contributed by atoms with E-state index in [1.807, 2.05) is 13.8 Å².